The first-order chi connectivity index (χ1) is 11.5. The zero-order valence-corrected chi connectivity index (χ0v) is 13.1. The Morgan fingerprint density at radius 3 is 2.58 bits per heavy atom. The van der Waals surface area contributed by atoms with Crippen molar-refractivity contribution in [1.29, 1.82) is 0 Å². The van der Waals surface area contributed by atoms with Crippen LogP contribution in [-0.4, -0.2) is 24.3 Å². The third kappa shape index (κ3) is 4.54. The number of oxime groups is 1. The molecule has 1 N–H and O–H groups in total. The lowest BCUT2D eigenvalue weighted by atomic mass is 10.2. The van der Waals surface area contributed by atoms with E-state index in [1.807, 2.05) is 0 Å². The molecule has 0 saturated heterocycles. The van der Waals surface area contributed by atoms with Gasteiger partial charge in [0.1, 0.15) is 11.4 Å². The van der Waals surface area contributed by atoms with Crippen LogP contribution in [0.15, 0.2) is 47.6 Å². The van der Waals surface area contributed by atoms with Crippen LogP contribution in [0, 0.1) is 17.0 Å². The summed E-state index contributed by atoms with van der Waals surface area (Å²) in [6.45, 7) is 1.72. The predicted molar refractivity (Wildman–Crippen MR) is 88.5 cm³/mol. The van der Waals surface area contributed by atoms with Gasteiger partial charge < -0.3 is 4.74 Å². The van der Waals surface area contributed by atoms with Crippen LogP contribution in [0.1, 0.15) is 11.1 Å². The third-order valence-corrected chi connectivity index (χ3v) is 3.04. The van der Waals surface area contributed by atoms with Crippen LogP contribution >= 0.6 is 0 Å². The number of rotatable bonds is 5. The van der Waals surface area contributed by atoms with Crippen LogP contribution in [0.4, 0.5) is 16.2 Å². The second-order valence-electron chi connectivity index (χ2n) is 4.79. The van der Waals surface area contributed by atoms with E-state index in [1.165, 1.54) is 18.3 Å². The zero-order valence-electron chi connectivity index (χ0n) is 13.1. The van der Waals surface area contributed by atoms with Gasteiger partial charge in [0.25, 0.3) is 5.69 Å². The Labute approximate surface area is 137 Å². The molecule has 124 valence electrons. The van der Waals surface area contributed by atoms with Gasteiger partial charge in [-0.25, -0.2) is 4.79 Å². The van der Waals surface area contributed by atoms with E-state index >= 15 is 0 Å². The summed E-state index contributed by atoms with van der Waals surface area (Å²) in [5.41, 5.74) is 1.23. The van der Waals surface area contributed by atoms with Crippen LogP contribution in [0.3, 0.4) is 0 Å². The van der Waals surface area contributed by atoms with E-state index in [4.69, 9.17) is 4.74 Å². The zero-order chi connectivity index (χ0) is 17.5. The van der Waals surface area contributed by atoms with Gasteiger partial charge in [-0.05, 0) is 48.4 Å². The lowest BCUT2D eigenvalue weighted by Crippen LogP contribution is -2.12. The molecule has 8 heteroatoms. The van der Waals surface area contributed by atoms with Crippen molar-refractivity contribution in [2.45, 2.75) is 6.92 Å². The van der Waals surface area contributed by atoms with Gasteiger partial charge in [-0.15, -0.1) is 0 Å². The first-order valence-corrected chi connectivity index (χ1v) is 6.90. The average molecular weight is 329 g/mol. The van der Waals surface area contributed by atoms with E-state index in [9.17, 15) is 14.9 Å². The van der Waals surface area contributed by atoms with E-state index < -0.39 is 11.0 Å². The van der Waals surface area contributed by atoms with Crippen molar-refractivity contribution in [3.05, 3.63) is 63.7 Å². The van der Waals surface area contributed by atoms with E-state index in [0.29, 0.717) is 16.9 Å². The number of nitro groups is 1. The highest BCUT2D eigenvalue weighted by atomic mass is 16.7. The summed E-state index contributed by atoms with van der Waals surface area (Å²) in [6, 6.07) is 11.4. The van der Waals surface area contributed by atoms with Crippen LogP contribution in [-0.2, 0) is 4.84 Å². The number of methoxy groups -OCH3 is 1. The molecule has 2 aromatic rings. The molecule has 8 nitrogen and oxygen atoms in total. The van der Waals surface area contributed by atoms with Crippen LogP contribution < -0.4 is 10.1 Å². The van der Waals surface area contributed by atoms with Gasteiger partial charge in [0.2, 0.25) is 0 Å². The molecular weight excluding hydrogens is 314 g/mol. The summed E-state index contributed by atoms with van der Waals surface area (Å²) in [4.78, 5) is 26.7. The van der Waals surface area contributed by atoms with Crippen LogP contribution in [0.25, 0.3) is 0 Å². The van der Waals surface area contributed by atoms with Gasteiger partial charge in [-0.1, -0.05) is 11.2 Å². The standard InChI is InChI=1S/C16H15N3O5/c1-11-3-8-14(15(9-11)19(21)22)18-16(20)24-17-10-12-4-6-13(23-2)7-5-12/h3-10H,1-2H3,(H,18,20)/b17-10+. The smallest absolute Gasteiger partial charge is 0.438 e. The van der Waals surface area contributed by atoms with Crippen LogP contribution in [0.5, 0.6) is 5.75 Å². The number of nitrogens with one attached hydrogen (secondary N) is 1. The number of hydrogen-bond donors (Lipinski definition) is 1. The number of anilines is 1. The fourth-order valence-corrected chi connectivity index (χ4v) is 1.86. The second kappa shape index (κ2) is 7.73. The average Bonchev–Trinajstić information content (AvgIpc) is 2.57. The SMILES string of the molecule is COc1ccc(/C=N/OC(=O)Nc2ccc(C)cc2[N+](=O)[O-])cc1. The lowest BCUT2D eigenvalue weighted by molar-refractivity contribution is -0.384. The third-order valence-electron chi connectivity index (χ3n) is 3.04. The fourth-order valence-electron chi connectivity index (χ4n) is 1.86. The monoisotopic (exact) mass is 329 g/mol. The molecule has 2 rings (SSSR count). The number of carbonyl (C=O) groups excluding carboxylic acids is 1. The number of hydrogen-bond acceptors (Lipinski definition) is 6. The van der Waals surface area contributed by atoms with Gasteiger partial charge in [0, 0.05) is 6.07 Å². The molecule has 0 spiro atoms. The van der Waals surface area contributed by atoms with Gasteiger partial charge in [0.15, 0.2) is 0 Å². The lowest BCUT2D eigenvalue weighted by Gasteiger charge is -2.04. The number of nitro benzene ring substituents is 1. The Morgan fingerprint density at radius 2 is 1.96 bits per heavy atom. The van der Waals surface area contributed by atoms with Gasteiger partial charge >= 0.3 is 6.09 Å². The molecule has 0 aliphatic heterocycles. The molecule has 24 heavy (non-hydrogen) atoms. The minimum absolute atomic E-state index is 0.0373. The van der Waals surface area contributed by atoms with Crippen molar-refractivity contribution < 1.29 is 19.3 Å². The van der Waals surface area contributed by atoms with E-state index in [-0.39, 0.29) is 11.4 Å². The van der Waals surface area contributed by atoms with Crippen molar-refractivity contribution in [2.75, 3.05) is 12.4 Å². The number of aryl methyl sites for hydroxylation is 1. The topological polar surface area (TPSA) is 103 Å². The van der Waals surface area contributed by atoms with Gasteiger partial charge in [0.05, 0.1) is 18.2 Å². The molecule has 0 bridgehead atoms. The van der Waals surface area contributed by atoms with Crippen LogP contribution in [0.2, 0.25) is 0 Å². The molecule has 0 aliphatic rings. The minimum atomic E-state index is -0.924. The number of nitrogens with zero attached hydrogens (tertiary/aromatic N) is 2. The Bertz CT molecular complexity index is 772. The molecule has 0 aliphatic carbocycles. The first kappa shape index (κ1) is 16.9. The maximum atomic E-state index is 11.7. The van der Waals surface area contributed by atoms with Crippen molar-refractivity contribution in [3.63, 3.8) is 0 Å². The maximum absolute atomic E-state index is 11.7. The molecule has 1 amide bonds. The highest BCUT2D eigenvalue weighted by Crippen LogP contribution is 2.25. The molecule has 0 unspecified atom stereocenters. The molecular formula is C16H15N3O5. The molecule has 0 saturated carbocycles. The molecule has 0 fully saturated rings. The highest BCUT2D eigenvalue weighted by molar-refractivity contribution is 5.88. The summed E-state index contributed by atoms with van der Waals surface area (Å²) in [6.07, 6.45) is 0.412. The highest BCUT2D eigenvalue weighted by Gasteiger charge is 2.16. The molecule has 0 radical (unpaired) electrons. The summed E-state index contributed by atoms with van der Waals surface area (Å²) in [5, 5.41) is 16.8. The quantitative estimate of drug-likeness (QED) is 0.391. The Morgan fingerprint density at radius 1 is 1.25 bits per heavy atom. The van der Waals surface area contributed by atoms with E-state index in [1.54, 1.807) is 44.4 Å². The van der Waals surface area contributed by atoms with Crippen molar-refractivity contribution in [3.8, 4) is 5.75 Å². The van der Waals surface area contributed by atoms with Crippen molar-refractivity contribution >= 4 is 23.7 Å². The van der Waals surface area contributed by atoms with E-state index in [0.717, 1.165) is 0 Å². The van der Waals surface area contributed by atoms with E-state index in [2.05, 4.69) is 15.3 Å². The normalized spacial score (nSPS) is 10.4. The summed E-state index contributed by atoms with van der Waals surface area (Å²) < 4.78 is 5.02. The minimum Gasteiger partial charge on any atom is -0.497 e. The molecule has 0 heterocycles. The number of amides is 1. The number of benzene rings is 2. The largest absolute Gasteiger partial charge is 0.497 e. The summed E-state index contributed by atoms with van der Waals surface area (Å²) in [5.74, 6) is 0.692. The summed E-state index contributed by atoms with van der Waals surface area (Å²) in [7, 11) is 1.56. The maximum Gasteiger partial charge on any atom is 0.438 e. The molecule has 0 atom stereocenters. The first-order valence-electron chi connectivity index (χ1n) is 6.90. The van der Waals surface area contributed by atoms with Crippen molar-refractivity contribution in [2.24, 2.45) is 5.16 Å². The Balaban J connectivity index is 1.98. The predicted octanol–water partition coefficient (Wildman–Crippen LogP) is 3.49. The van der Waals surface area contributed by atoms with Gasteiger partial charge in [-0.3, -0.25) is 20.3 Å². The Kier molecular flexibility index (Phi) is 5.45. The Hall–Kier alpha value is -3.42. The fraction of sp³-hybridized carbons (Fsp3) is 0.125. The number of ether oxygens (including phenoxy) is 1. The van der Waals surface area contributed by atoms with Crippen molar-refractivity contribution in [1.82, 2.24) is 0 Å². The summed E-state index contributed by atoms with van der Waals surface area (Å²) >= 11 is 0. The number of carbonyl (C=O) groups is 1. The second-order valence-corrected chi connectivity index (χ2v) is 4.79. The molecule has 0 aromatic heterocycles. The molecule has 2 aromatic carbocycles. The van der Waals surface area contributed by atoms with Gasteiger partial charge in [-0.2, -0.15) is 0 Å².